The van der Waals surface area contributed by atoms with Crippen molar-refractivity contribution in [2.45, 2.75) is 30.5 Å². The number of rotatable bonds is 5. The zero-order chi connectivity index (χ0) is 17.6. The molecular formula is C16H17BrN4O3S. The van der Waals surface area contributed by atoms with Gasteiger partial charge in [-0.2, -0.15) is 0 Å². The summed E-state index contributed by atoms with van der Waals surface area (Å²) in [6.45, 7) is 0.666. The molecule has 25 heavy (non-hydrogen) atoms. The van der Waals surface area contributed by atoms with Gasteiger partial charge in [-0.3, -0.25) is 9.59 Å². The molecule has 1 fully saturated rings. The lowest BCUT2D eigenvalue weighted by atomic mass is 10.1. The van der Waals surface area contributed by atoms with Gasteiger partial charge in [-0.25, -0.2) is 0 Å². The van der Waals surface area contributed by atoms with Gasteiger partial charge in [0.2, 0.25) is 17.7 Å². The highest BCUT2D eigenvalue weighted by molar-refractivity contribution is 9.10. The van der Waals surface area contributed by atoms with Crippen LogP contribution in [0.25, 0.3) is 11.5 Å². The van der Waals surface area contributed by atoms with Crippen LogP contribution in [0.1, 0.15) is 19.3 Å². The van der Waals surface area contributed by atoms with Gasteiger partial charge in [0.25, 0.3) is 5.22 Å². The maximum Gasteiger partial charge on any atom is 0.277 e. The lowest BCUT2D eigenvalue weighted by molar-refractivity contribution is -0.127. The molecule has 0 unspecified atom stereocenters. The quantitative estimate of drug-likeness (QED) is 0.715. The summed E-state index contributed by atoms with van der Waals surface area (Å²) in [5.74, 6) is 0.151. The molecule has 1 aromatic carbocycles. The maximum absolute atomic E-state index is 12.1. The number of carbonyl (C=O) groups is 2. The van der Waals surface area contributed by atoms with Crippen LogP contribution in [0, 0.1) is 0 Å². The summed E-state index contributed by atoms with van der Waals surface area (Å²) in [7, 11) is 0. The van der Waals surface area contributed by atoms with Crippen LogP contribution in [0.5, 0.6) is 0 Å². The molecular weight excluding hydrogens is 408 g/mol. The Morgan fingerprint density at radius 3 is 3.04 bits per heavy atom. The second-order valence-electron chi connectivity index (χ2n) is 5.55. The molecule has 3 rings (SSSR count). The van der Waals surface area contributed by atoms with Gasteiger partial charge >= 0.3 is 0 Å². The van der Waals surface area contributed by atoms with Gasteiger partial charge in [-0.15, -0.1) is 10.2 Å². The number of hydrogen-bond donors (Lipinski definition) is 2. The summed E-state index contributed by atoms with van der Waals surface area (Å²) >= 11 is 4.58. The van der Waals surface area contributed by atoms with Gasteiger partial charge < -0.3 is 15.1 Å². The molecule has 2 aromatic rings. The van der Waals surface area contributed by atoms with Gasteiger partial charge in [0.1, 0.15) is 6.04 Å². The Kier molecular flexibility index (Phi) is 6.09. The Morgan fingerprint density at radius 2 is 2.20 bits per heavy atom. The first-order chi connectivity index (χ1) is 12.1. The molecule has 2 amide bonds. The van der Waals surface area contributed by atoms with Crippen LogP contribution in [-0.4, -0.2) is 40.4 Å². The molecule has 0 spiro atoms. The lowest BCUT2D eigenvalue weighted by Gasteiger charge is -2.14. The van der Waals surface area contributed by atoms with Crippen molar-refractivity contribution in [3.8, 4) is 11.5 Å². The van der Waals surface area contributed by atoms with Crippen LogP contribution < -0.4 is 10.6 Å². The first-order valence-electron chi connectivity index (χ1n) is 7.92. The highest BCUT2D eigenvalue weighted by atomic mass is 79.9. The summed E-state index contributed by atoms with van der Waals surface area (Å²) in [5.41, 5.74) is 0.793. The predicted molar refractivity (Wildman–Crippen MR) is 96.9 cm³/mol. The fraction of sp³-hybridized carbons (Fsp3) is 0.375. The van der Waals surface area contributed by atoms with E-state index >= 15 is 0 Å². The molecule has 1 aromatic heterocycles. The van der Waals surface area contributed by atoms with Crippen molar-refractivity contribution in [1.29, 1.82) is 0 Å². The molecule has 2 heterocycles. The fourth-order valence-electron chi connectivity index (χ4n) is 2.45. The molecule has 0 bridgehead atoms. The molecule has 1 atom stereocenters. The Balaban J connectivity index is 1.54. The normalized spacial score (nSPS) is 17.6. The van der Waals surface area contributed by atoms with Crippen molar-refractivity contribution in [2.75, 3.05) is 12.3 Å². The topological polar surface area (TPSA) is 97.1 Å². The van der Waals surface area contributed by atoms with Gasteiger partial charge in [0.05, 0.1) is 11.3 Å². The van der Waals surface area contributed by atoms with Crippen molar-refractivity contribution < 1.29 is 14.0 Å². The summed E-state index contributed by atoms with van der Waals surface area (Å²) in [6.07, 6.45) is 2.51. The van der Waals surface area contributed by atoms with Gasteiger partial charge in [0.15, 0.2) is 0 Å². The highest BCUT2D eigenvalue weighted by Crippen LogP contribution is 2.28. The largest absolute Gasteiger partial charge is 0.411 e. The zero-order valence-electron chi connectivity index (χ0n) is 13.3. The zero-order valence-corrected chi connectivity index (χ0v) is 15.7. The minimum Gasteiger partial charge on any atom is -0.411 e. The Hall–Kier alpha value is -1.87. The smallest absolute Gasteiger partial charge is 0.277 e. The van der Waals surface area contributed by atoms with E-state index in [1.807, 2.05) is 24.3 Å². The molecule has 9 heteroatoms. The van der Waals surface area contributed by atoms with Crippen LogP contribution in [0.3, 0.4) is 0 Å². The van der Waals surface area contributed by atoms with E-state index in [2.05, 4.69) is 36.8 Å². The third kappa shape index (κ3) is 4.82. The molecule has 2 N–H and O–H groups in total. The van der Waals surface area contributed by atoms with E-state index in [1.165, 1.54) is 0 Å². The third-order valence-corrected chi connectivity index (χ3v) is 5.22. The standard InChI is InChI=1S/C16H17BrN4O3S/c17-11-6-2-1-5-10(11)15-20-21-16(24-15)25-9-13(22)19-12-7-3-4-8-18-14(12)23/h1-2,5-6,12H,3-4,7-9H2,(H,18,23)(H,19,22)/t12-/m0/s1. The van der Waals surface area contributed by atoms with Crippen molar-refractivity contribution in [3.63, 3.8) is 0 Å². The van der Waals surface area contributed by atoms with Crippen molar-refractivity contribution >= 4 is 39.5 Å². The maximum atomic E-state index is 12.1. The minimum absolute atomic E-state index is 0.112. The monoisotopic (exact) mass is 424 g/mol. The number of halogens is 1. The summed E-state index contributed by atoms with van der Waals surface area (Å²) < 4.78 is 6.44. The van der Waals surface area contributed by atoms with E-state index < -0.39 is 6.04 Å². The van der Waals surface area contributed by atoms with Crippen LogP contribution in [0.4, 0.5) is 0 Å². The first-order valence-corrected chi connectivity index (χ1v) is 9.69. The number of nitrogens with one attached hydrogen (secondary N) is 2. The summed E-state index contributed by atoms with van der Waals surface area (Å²) in [5, 5.41) is 13.8. The number of nitrogens with zero attached hydrogens (tertiary/aromatic N) is 2. The number of hydrogen-bond acceptors (Lipinski definition) is 6. The van der Waals surface area contributed by atoms with Gasteiger partial charge in [-0.05, 0) is 47.3 Å². The molecule has 0 saturated carbocycles. The molecule has 0 radical (unpaired) electrons. The van der Waals surface area contributed by atoms with Crippen LogP contribution >= 0.6 is 27.7 Å². The van der Waals surface area contributed by atoms with E-state index in [1.54, 1.807) is 0 Å². The molecule has 1 aliphatic rings. The number of carbonyl (C=O) groups excluding carboxylic acids is 2. The van der Waals surface area contributed by atoms with E-state index in [4.69, 9.17) is 4.42 Å². The van der Waals surface area contributed by atoms with E-state index in [-0.39, 0.29) is 17.6 Å². The fourth-order valence-corrected chi connectivity index (χ4v) is 3.48. The lowest BCUT2D eigenvalue weighted by Crippen LogP contribution is -2.46. The first kappa shape index (κ1) is 17.9. The number of aromatic nitrogens is 2. The van der Waals surface area contributed by atoms with Crippen molar-refractivity contribution in [3.05, 3.63) is 28.7 Å². The molecule has 1 aliphatic heterocycles. The van der Waals surface area contributed by atoms with Crippen molar-refractivity contribution in [2.24, 2.45) is 0 Å². The average Bonchev–Trinajstić information content (AvgIpc) is 2.98. The summed E-state index contributed by atoms with van der Waals surface area (Å²) in [4.78, 5) is 23.9. The number of amides is 2. The van der Waals surface area contributed by atoms with Crippen LogP contribution in [0.2, 0.25) is 0 Å². The number of benzene rings is 1. The van der Waals surface area contributed by atoms with E-state index in [0.29, 0.717) is 24.1 Å². The second kappa shape index (κ2) is 8.48. The van der Waals surface area contributed by atoms with Gasteiger partial charge in [0, 0.05) is 11.0 Å². The number of thioether (sulfide) groups is 1. The average molecular weight is 425 g/mol. The molecule has 7 nitrogen and oxygen atoms in total. The third-order valence-electron chi connectivity index (χ3n) is 3.71. The highest BCUT2D eigenvalue weighted by Gasteiger charge is 2.22. The Morgan fingerprint density at radius 1 is 1.36 bits per heavy atom. The minimum atomic E-state index is -0.464. The predicted octanol–water partition coefficient (Wildman–Crippen LogP) is 2.38. The summed E-state index contributed by atoms with van der Waals surface area (Å²) in [6, 6.07) is 7.06. The molecule has 1 saturated heterocycles. The molecule has 132 valence electrons. The molecule has 0 aliphatic carbocycles. The van der Waals surface area contributed by atoms with E-state index in [0.717, 1.165) is 34.6 Å². The Labute approximate surface area is 157 Å². The van der Waals surface area contributed by atoms with Crippen LogP contribution in [-0.2, 0) is 9.59 Å². The van der Waals surface area contributed by atoms with Crippen molar-refractivity contribution in [1.82, 2.24) is 20.8 Å². The van der Waals surface area contributed by atoms with Gasteiger partial charge in [-0.1, -0.05) is 23.9 Å². The van der Waals surface area contributed by atoms with Crippen LogP contribution in [0.15, 0.2) is 38.4 Å². The second-order valence-corrected chi connectivity index (χ2v) is 7.33. The SMILES string of the molecule is O=C(CSc1nnc(-c2ccccc2Br)o1)N[C@H]1CCCCNC1=O. The van der Waals surface area contributed by atoms with E-state index in [9.17, 15) is 9.59 Å². The Bertz CT molecular complexity index is 767.